The molecule has 3 N–H and O–H groups in total. The number of H-pyrrole nitrogens is 1. The Hall–Kier alpha value is -2.83. The highest BCUT2D eigenvalue weighted by atomic mass is 16.5. The summed E-state index contributed by atoms with van der Waals surface area (Å²) in [4.78, 5) is 23.2. The van der Waals surface area contributed by atoms with Crippen LogP contribution >= 0.6 is 0 Å². The molecular weight excluding hydrogens is 286 g/mol. The van der Waals surface area contributed by atoms with E-state index in [0.717, 1.165) is 5.56 Å². The number of benzene rings is 1. The summed E-state index contributed by atoms with van der Waals surface area (Å²) in [5.41, 5.74) is 1.58. The Morgan fingerprint density at radius 3 is 2.59 bits per heavy atom. The summed E-state index contributed by atoms with van der Waals surface area (Å²) in [6.07, 6.45) is 1.68. The van der Waals surface area contributed by atoms with Crippen molar-refractivity contribution in [3.05, 3.63) is 36.0 Å². The number of aliphatic carboxylic acids is 1. The fourth-order valence-electron chi connectivity index (χ4n) is 2.01. The SMILES string of the molecule is CCC(NC(=O)c1cn[nH]c1-c1ccc(OC)cc1)C(=O)O. The summed E-state index contributed by atoms with van der Waals surface area (Å²) < 4.78 is 5.09. The summed E-state index contributed by atoms with van der Waals surface area (Å²) in [6.45, 7) is 1.69. The van der Waals surface area contributed by atoms with Gasteiger partial charge in [-0.05, 0) is 30.7 Å². The van der Waals surface area contributed by atoms with E-state index >= 15 is 0 Å². The largest absolute Gasteiger partial charge is 0.497 e. The van der Waals surface area contributed by atoms with E-state index in [1.807, 2.05) is 0 Å². The average molecular weight is 303 g/mol. The normalized spacial score (nSPS) is 11.7. The zero-order chi connectivity index (χ0) is 16.1. The number of carboxylic acid groups (broad SMARTS) is 1. The van der Waals surface area contributed by atoms with Gasteiger partial charge >= 0.3 is 5.97 Å². The van der Waals surface area contributed by atoms with Gasteiger partial charge in [0.2, 0.25) is 0 Å². The van der Waals surface area contributed by atoms with Crippen molar-refractivity contribution in [3.63, 3.8) is 0 Å². The molecule has 0 bridgehead atoms. The van der Waals surface area contributed by atoms with Gasteiger partial charge < -0.3 is 15.2 Å². The number of carbonyl (C=O) groups is 2. The van der Waals surface area contributed by atoms with Crippen molar-refractivity contribution in [2.24, 2.45) is 0 Å². The fraction of sp³-hybridized carbons (Fsp3) is 0.267. The summed E-state index contributed by atoms with van der Waals surface area (Å²) in [6, 6.07) is 6.19. The highest BCUT2D eigenvalue weighted by molar-refractivity contribution is 6.01. The molecule has 0 saturated heterocycles. The third-order valence-corrected chi connectivity index (χ3v) is 3.27. The van der Waals surface area contributed by atoms with Crippen LogP contribution in [0.2, 0.25) is 0 Å². The highest BCUT2D eigenvalue weighted by Gasteiger charge is 2.21. The van der Waals surface area contributed by atoms with Crippen molar-refractivity contribution in [1.82, 2.24) is 15.5 Å². The van der Waals surface area contributed by atoms with Gasteiger partial charge in [0.15, 0.2) is 0 Å². The molecule has 116 valence electrons. The molecule has 1 heterocycles. The number of methoxy groups -OCH3 is 1. The Bertz CT molecular complexity index is 664. The first-order chi connectivity index (χ1) is 10.6. The van der Waals surface area contributed by atoms with Crippen molar-refractivity contribution < 1.29 is 19.4 Å². The summed E-state index contributed by atoms with van der Waals surface area (Å²) in [5.74, 6) is -0.842. The van der Waals surface area contributed by atoms with Gasteiger partial charge in [0, 0.05) is 5.56 Å². The van der Waals surface area contributed by atoms with Crippen LogP contribution in [0.25, 0.3) is 11.3 Å². The first-order valence-electron chi connectivity index (χ1n) is 6.78. The topological polar surface area (TPSA) is 104 Å². The second-order valence-corrected chi connectivity index (χ2v) is 4.66. The van der Waals surface area contributed by atoms with Crippen LogP contribution in [0, 0.1) is 0 Å². The third-order valence-electron chi connectivity index (χ3n) is 3.27. The van der Waals surface area contributed by atoms with E-state index in [2.05, 4.69) is 15.5 Å². The van der Waals surface area contributed by atoms with E-state index in [1.165, 1.54) is 6.20 Å². The number of amides is 1. The molecule has 0 aliphatic heterocycles. The maximum Gasteiger partial charge on any atom is 0.326 e. The lowest BCUT2D eigenvalue weighted by Gasteiger charge is -2.12. The molecule has 1 atom stereocenters. The number of aromatic nitrogens is 2. The van der Waals surface area contributed by atoms with Gasteiger partial charge in [0.25, 0.3) is 5.91 Å². The molecule has 22 heavy (non-hydrogen) atoms. The van der Waals surface area contributed by atoms with Crippen LogP contribution in [0.3, 0.4) is 0 Å². The quantitative estimate of drug-likeness (QED) is 0.753. The van der Waals surface area contributed by atoms with E-state index in [4.69, 9.17) is 9.84 Å². The number of hydrogen-bond acceptors (Lipinski definition) is 4. The Morgan fingerprint density at radius 2 is 2.05 bits per heavy atom. The fourth-order valence-corrected chi connectivity index (χ4v) is 2.01. The Kier molecular flexibility index (Phi) is 4.77. The van der Waals surface area contributed by atoms with Crippen molar-refractivity contribution in [3.8, 4) is 17.0 Å². The molecule has 1 aromatic carbocycles. The van der Waals surface area contributed by atoms with Crippen molar-refractivity contribution >= 4 is 11.9 Å². The maximum absolute atomic E-state index is 12.2. The van der Waals surface area contributed by atoms with Crippen molar-refractivity contribution in [1.29, 1.82) is 0 Å². The molecule has 0 saturated carbocycles. The zero-order valence-corrected chi connectivity index (χ0v) is 12.3. The lowest BCUT2D eigenvalue weighted by Crippen LogP contribution is -2.40. The van der Waals surface area contributed by atoms with Crippen LogP contribution in [0.5, 0.6) is 5.75 Å². The molecule has 0 fully saturated rings. The number of nitrogens with one attached hydrogen (secondary N) is 2. The number of rotatable bonds is 6. The van der Waals surface area contributed by atoms with E-state index in [-0.39, 0.29) is 0 Å². The lowest BCUT2D eigenvalue weighted by molar-refractivity contribution is -0.139. The number of carboxylic acids is 1. The van der Waals surface area contributed by atoms with Crippen LogP contribution in [0.1, 0.15) is 23.7 Å². The first-order valence-corrected chi connectivity index (χ1v) is 6.78. The number of ether oxygens (including phenoxy) is 1. The number of aromatic amines is 1. The summed E-state index contributed by atoms with van der Waals surface area (Å²) in [5, 5.41) is 18.1. The zero-order valence-electron chi connectivity index (χ0n) is 12.3. The predicted molar refractivity (Wildman–Crippen MR) is 79.8 cm³/mol. The highest BCUT2D eigenvalue weighted by Crippen LogP contribution is 2.23. The number of carbonyl (C=O) groups excluding carboxylic acids is 1. The molecule has 0 spiro atoms. The Labute approximate surface area is 127 Å². The second kappa shape index (κ2) is 6.75. The molecule has 2 aromatic rings. The minimum atomic E-state index is -1.06. The van der Waals surface area contributed by atoms with E-state index < -0.39 is 17.9 Å². The molecule has 0 aliphatic rings. The molecule has 7 nitrogen and oxygen atoms in total. The van der Waals surface area contributed by atoms with Gasteiger partial charge in [-0.15, -0.1) is 0 Å². The van der Waals surface area contributed by atoms with Crippen LogP contribution in [0.15, 0.2) is 30.5 Å². The monoisotopic (exact) mass is 303 g/mol. The van der Waals surface area contributed by atoms with Gasteiger partial charge in [-0.1, -0.05) is 6.92 Å². The third kappa shape index (κ3) is 3.25. The minimum Gasteiger partial charge on any atom is -0.497 e. The van der Waals surface area contributed by atoms with Gasteiger partial charge in [-0.25, -0.2) is 4.79 Å². The standard InChI is InChI=1S/C15H17N3O4/c1-3-12(15(20)21)17-14(19)11-8-16-18-13(11)9-4-6-10(22-2)7-5-9/h4-8,12H,3H2,1-2H3,(H,16,18)(H,17,19)(H,20,21). The Morgan fingerprint density at radius 1 is 1.36 bits per heavy atom. The van der Waals surface area contributed by atoms with Crippen molar-refractivity contribution in [2.45, 2.75) is 19.4 Å². The first kappa shape index (κ1) is 15.6. The smallest absolute Gasteiger partial charge is 0.326 e. The minimum absolute atomic E-state index is 0.296. The van der Waals surface area contributed by atoms with Crippen LogP contribution in [0.4, 0.5) is 0 Å². The van der Waals surface area contributed by atoms with Crippen LogP contribution < -0.4 is 10.1 Å². The van der Waals surface area contributed by atoms with E-state index in [1.54, 1.807) is 38.3 Å². The second-order valence-electron chi connectivity index (χ2n) is 4.66. The van der Waals surface area contributed by atoms with Crippen LogP contribution in [-0.4, -0.2) is 40.3 Å². The summed E-state index contributed by atoms with van der Waals surface area (Å²) >= 11 is 0. The van der Waals surface area contributed by atoms with Crippen LogP contribution in [-0.2, 0) is 4.79 Å². The maximum atomic E-state index is 12.2. The molecule has 1 aromatic heterocycles. The summed E-state index contributed by atoms with van der Waals surface area (Å²) in [7, 11) is 1.57. The number of hydrogen-bond donors (Lipinski definition) is 3. The molecular formula is C15H17N3O4. The molecule has 0 radical (unpaired) electrons. The van der Waals surface area contributed by atoms with Crippen molar-refractivity contribution in [2.75, 3.05) is 7.11 Å². The van der Waals surface area contributed by atoms with Gasteiger partial charge in [-0.3, -0.25) is 9.89 Å². The van der Waals surface area contributed by atoms with Gasteiger partial charge in [0.05, 0.1) is 24.6 Å². The van der Waals surface area contributed by atoms with E-state index in [9.17, 15) is 9.59 Å². The number of nitrogens with zero attached hydrogens (tertiary/aromatic N) is 1. The lowest BCUT2D eigenvalue weighted by atomic mass is 10.1. The molecule has 1 amide bonds. The molecule has 0 aliphatic carbocycles. The Balaban J connectivity index is 2.24. The predicted octanol–water partition coefficient (Wildman–Crippen LogP) is 1.68. The van der Waals surface area contributed by atoms with Gasteiger partial charge in [-0.2, -0.15) is 5.10 Å². The average Bonchev–Trinajstić information content (AvgIpc) is 3.01. The van der Waals surface area contributed by atoms with Gasteiger partial charge in [0.1, 0.15) is 11.8 Å². The molecule has 7 heteroatoms. The molecule has 2 rings (SSSR count). The van der Waals surface area contributed by atoms with E-state index in [0.29, 0.717) is 23.4 Å². The molecule has 1 unspecified atom stereocenters.